The van der Waals surface area contributed by atoms with Crippen LogP contribution in [0.4, 0.5) is 5.82 Å². The Morgan fingerprint density at radius 1 is 1.61 bits per heavy atom. The highest BCUT2D eigenvalue weighted by molar-refractivity contribution is 7.09. The van der Waals surface area contributed by atoms with Crippen molar-refractivity contribution < 1.29 is 0 Å². The number of thiazole rings is 1. The average Bonchev–Trinajstić information content (AvgIpc) is 2.94. The fourth-order valence-electron chi connectivity index (χ4n) is 1.81. The highest BCUT2D eigenvalue weighted by Crippen LogP contribution is 2.21. The van der Waals surface area contributed by atoms with Gasteiger partial charge in [0.1, 0.15) is 17.5 Å². The first-order chi connectivity index (χ1) is 8.63. The zero-order valence-corrected chi connectivity index (χ0v) is 11.5. The number of rotatable bonds is 4. The van der Waals surface area contributed by atoms with E-state index in [1.165, 1.54) is 0 Å². The van der Waals surface area contributed by atoms with Crippen molar-refractivity contribution in [2.24, 2.45) is 7.05 Å². The SMILES string of the molecule is Cc1nn(C)c(NCC(C)c2nccs2)c1C#N. The fraction of sp³-hybridized carbons (Fsp3) is 0.417. The molecule has 18 heavy (non-hydrogen) atoms. The second kappa shape index (κ2) is 5.19. The predicted octanol–water partition coefficient (Wildman–Crippen LogP) is 2.27. The van der Waals surface area contributed by atoms with Gasteiger partial charge in [-0.05, 0) is 6.92 Å². The summed E-state index contributed by atoms with van der Waals surface area (Å²) in [5.74, 6) is 1.09. The van der Waals surface area contributed by atoms with E-state index in [9.17, 15) is 0 Å². The molecule has 0 amide bonds. The highest BCUT2D eigenvalue weighted by atomic mass is 32.1. The lowest BCUT2D eigenvalue weighted by Crippen LogP contribution is -2.13. The molecule has 0 bridgehead atoms. The second-order valence-corrected chi connectivity index (χ2v) is 5.12. The summed E-state index contributed by atoms with van der Waals surface area (Å²) in [4.78, 5) is 4.29. The van der Waals surface area contributed by atoms with E-state index >= 15 is 0 Å². The van der Waals surface area contributed by atoms with Crippen molar-refractivity contribution in [2.75, 3.05) is 11.9 Å². The van der Waals surface area contributed by atoms with Gasteiger partial charge in [-0.25, -0.2) is 4.98 Å². The monoisotopic (exact) mass is 261 g/mol. The van der Waals surface area contributed by atoms with E-state index in [0.717, 1.165) is 23.1 Å². The summed E-state index contributed by atoms with van der Waals surface area (Å²) in [6, 6.07) is 2.18. The number of hydrogen-bond acceptors (Lipinski definition) is 5. The zero-order chi connectivity index (χ0) is 13.1. The Kier molecular flexibility index (Phi) is 3.63. The van der Waals surface area contributed by atoms with E-state index in [1.54, 1.807) is 16.0 Å². The van der Waals surface area contributed by atoms with Crippen LogP contribution in [-0.4, -0.2) is 21.3 Å². The van der Waals surface area contributed by atoms with Crippen LogP contribution in [-0.2, 0) is 7.05 Å². The molecule has 0 aliphatic heterocycles. The van der Waals surface area contributed by atoms with Gasteiger partial charge in [-0.2, -0.15) is 10.4 Å². The van der Waals surface area contributed by atoms with Gasteiger partial charge in [0.15, 0.2) is 0 Å². The Bertz CT molecular complexity index is 564. The van der Waals surface area contributed by atoms with Gasteiger partial charge in [-0.3, -0.25) is 4.68 Å². The lowest BCUT2D eigenvalue weighted by molar-refractivity contribution is 0.738. The Morgan fingerprint density at radius 2 is 2.39 bits per heavy atom. The second-order valence-electron chi connectivity index (χ2n) is 4.20. The zero-order valence-electron chi connectivity index (χ0n) is 10.6. The van der Waals surface area contributed by atoms with Gasteiger partial charge in [-0.1, -0.05) is 6.92 Å². The molecule has 2 heterocycles. The van der Waals surface area contributed by atoms with Crippen LogP contribution in [0.25, 0.3) is 0 Å². The van der Waals surface area contributed by atoms with Crippen LogP contribution in [0.15, 0.2) is 11.6 Å². The maximum atomic E-state index is 9.11. The lowest BCUT2D eigenvalue weighted by Gasteiger charge is -2.11. The number of aryl methyl sites for hydroxylation is 2. The molecule has 94 valence electrons. The number of hydrogen-bond donors (Lipinski definition) is 1. The van der Waals surface area contributed by atoms with Gasteiger partial charge in [-0.15, -0.1) is 11.3 Å². The van der Waals surface area contributed by atoms with Gasteiger partial charge in [0.2, 0.25) is 0 Å². The molecule has 0 saturated heterocycles. The van der Waals surface area contributed by atoms with E-state index in [1.807, 2.05) is 25.5 Å². The summed E-state index contributed by atoms with van der Waals surface area (Å²) >= 11 is 1.65. The molecule has 0 aromatic carbocycles. The number of aromatic nitrogens is 3. The summed E-state index contributed by atoms with van der Waals surface area (Å²) in [5, 5.41) is 19.7. The van der Waals surface area contributed by atoms with Crippen LogP contribution in [0, 0.1) is 18.3 Å². The topological polar surface area (TPSA) is 66.5 Å². The molecular formula is C12H15N5S. The predicted molar refractivity (Wildman–Crippen MR) is 71.7 cm³/mol. The third kappa shape index (κ3) is 2.36. The van der Waals surface area contributed by atoms with Crippen LogP contribution >= 0.6 is 11.3 Å². The molecule has 1 atom stereocenters. The Morgan fingerprint density at radius 3 is 3.00 bits per heavy atom. The van der Waals surface area contributed by atoms with Crippen LogP contribution in [0.1, 0.15) is 29.1 Å². The molecule has 5 nitrogen and oxygen atoms in total. The molecule has 2 aromatic rings. The molecule has 0 saturated carbocycles. The molecule has 1 N–H and O–H groups in total. The van der Waals surface area contributed by atoms with Gasteiger partial charge >= 0.3 is 0 Å². The Balaban J connectivity index is 2.09. The molecule has 0 fully saturated rings. The largest absolute Gasteiger partial charge is 0.368 e. The van der Waals surface area contributed by atoms with Gasteiger partial charge in [0.05, 0.1) is 10.7 Å². The van der Waals surface area contributed by atoms with Gasteiger partial charge < -0.3 is 5.32 Å². The van der Waals surface area contributed by atoms with E-state index in [-0.39, 0.29) is 0 Å². The first kappa shape index (κ1) is 12.6. The molecule has 0 aliphatic carbocycles. The normalized spacial score (nSPS) is 12.1. The van der Waals surface area contributed by atoms with Crippen LogP contribution in [0.5, 0.6) is 0 Å². The van der Waals surface area contributed by atoms with Crippen molar-refractivity contribution in [1.82, 2.24) is 14.8 Å². The molecule has 2 aromatic heterocycles. The fourth-order valence-corrected chi connectivity index (χ4v) is 2.51. The van der Waals surface area contributed by atoms with E-state index < -0.39 is 0 Å². The van der Waals surface area contributed by atoms with Crippen molar-refractivity contribution in [3.63, 3.8) is 0 Å². The van der Waals surface area contributed by atoms with Crippen molar-refractivity contribution in [3.8, 4) is 6.07 Å². The molecular weight excluding hydrogens is 246 g/mol. The Labute approximate surface area is 110 Å². The number of nitrogens with one attached hydrogen (secondary N) is 1. The number of anilines is 1. The smallest absolute Gasteiger partial charge is 0.142 e. The third-order valence-electron chi connectivity index (χ3n) is 2.78. The first-order valence-electron chi connectivity index (χ1n) is 5.70. The minimum Gasteiger partial charge on any atom is -0.368 e. The third-order valence-corrected chi connectivity index (χ3v) is 3.79. The minimum absolute atomic E-state index is 0.312. The highest BCUT2D eigenvalue weighted by Gasteiger charge is 2.14. The summed E-state index contributed by atoms with van der Waals surface area (Å²) in [6.45, 7) is 4.69. The standard InChI is InChI=1S/C12H15N5S/c1-8(12-14-4-5-18-12)7-15-11-10(6-13)9(2)16-17(11)3/h4-5,8,15H,7H2,1-3H3. The van der Waals surface area contributed by atoms with Gasteiger partial charge in [0, 0.05) is 31.1 Å². The summed E-state index contributed by atoms with van der Waals surface area (Å²) in [7, 11) is 1.84. The van der Waals surface area contributed by atoms with E-state index in [4.69, 9.17) is 5.26 Å². The summed E-state index contributed by atoms with van der Waals surface area (Å²) in [5.41, 5.74) is 1.37. The summed E-state index contributed by atoms with van der Waals surface area (Å²) in [6.07, 6.45) is 1.81. The number of nitriles is 1. The molecule has 0 aliphatic rings. The maximum Gasteiger partial charge on any atom is 0.142 e. The Hall–Kier alpha value is -1.87. The molecule has 2 rings (SSSR count). The van der Waals surface area contributed by atoms with Gasteiger partial charge in [0.25, 0.3) is 0 Å². The van der Waals surface area contributed by atoms with Crippen molar-refractivity contribution in [2.45, 2.75) is 19.8 Å². The molecule has 0 spiro atoms. The average molecular weight is 261 g/mol. The number of nitrogens with zero attached hydrogens (tertiary/aromatic N) is 4. The minimum atomic E-state index is 0.312. The summed E-state index contributed by atoms with van der Waals surface area (Å²) < 4.78 is 1.71. The molecule has 6 heteroatoms. The van der Waals surface area contributed by atoms with E-state index in [0.29, 0.717) is 11.5 Å². The van der Waals surface area contributed by atoms with Crippen LogP contribution in [0.2, 0.25) is 0 Å². The van der Waals surface area contributed by atoms with Crippen molar-refractivity contribution in [3.05, 3.63) is 27.8 Å². The first-order valence-corrected chi connectivity index (χ1v) is 6.58. The van der Waals surface area contributed by atoms with Crippen LogP contribution < -0.4 is 5.32 Å². The van der Waals surface area contributed by atoms with E-state index in [2.05, 4.69) is 28.4 Å². The quantitative estimate of drug-likeness (QED) is 0.916. The lowest BCUT2D eigenvalue weighted by atomic mass is 10.2. The maximum absolute atomic E-state index is 9.11. The molecule has 0 radical (unpaired) electrons. The van der Waals surface area contributed by atoms with Crippen LogP contribution in [0.3, 0.4) is 0 Å². The van der Waals surface area contributed by atoms with Crippen molar-refractivity contribution in [1.29, 1.82) is 5.26 Å². The molecule has 1 unspecified atom stereocenters. The van der Waals surface area contributed by atoms with Crippen molar-refractivity contribution >= 4 is 17.2 Å².